The van der Waals surface area contributed by atoms with Crippen molar-refractivity contribution in [3.63, 3.8) is 0 Å². The molecule has 0 aromatic heterocycles. The van der Waals surface area contributed by atoms with Crippen LogP contribution in [0.2, 0.25) is 0 Å². The average molecular weight is 545 g/mol. The van der Waals surface area contributed by atoms with Gasteiger partial charge in [-0.15, -0.1) is 0 Å². The van der Waals surface area contributed by atoms with Crippen LogP contribution >= 0.6 is 0 Å². The van der Waals surface area contributed by atoms with Gasteiger partial charge in [0.25, 0.3) is 0 Å². The Morgan fingerprint density at radius 2 is 0.800 bits per heavy atom. The minimum atomic E-state index is -0.0764. The second kappa shape index (κ2) is 18.9. The molecule has 6 N–H and O–H groups in total. The molecular formula is C33H36O7. The van der Waals surface area contributed by atoms with Crippen molar-refractivity contribution in [2.24, 2.45) is 0 Å². The van der Waals surface area contributed by atoms with Crippen molar-refractivity contribution in [1.29, 1.82) is 0 Å². The molecule has 0 aliphatic heterocycles. The third kappa shape index (κ3) is 14.4. The van der Waals surface area contributed by atoms with Gasteiger partial charge in [-0.2, -0.15) is 0 Å². The van der Waals surface area contributed by atoms with Gasteiger partial charge in [0.1, 0.15) is 17.2 Å². The van der Waals surface area contributed by atoms with Crippen molar-refractivity contribution in [3.8, 4) is 40.2 Å². The maximum absolute atomic E-state index is 8.99. The third-order valence-electron chi connectivity index (χ3n) is 4.87. The molecule has 5 aromatic rings. The van der Waals surface area contributed by atoms with Gasteiger partial charge in [0.05, 0.1) is 7.11 Å². The van der Waals surface area contributed by atoms with Crippen LogP contribution in [-0.2, 0) is 0 Å². The van der Waals surface area contributed by atoms with E-state index in [1.807, 2.05) is 50.2 Å². The highest BCUT2D eigenvalue weighted by atomic mass is 16.5. The molecule has 5 aromatic carbocycles. The minimum absolute atomic E-state index is 0.0764. The Balaban J connectivity index is 0.000000250. The molecule has 0 spiro atoms. The predicted octanol–water partition coefficient (Wildman–Crippen LogP) is 7.29. The maximum Gasteiger partial charge on any atom is 0.160 e. The molecule has 0 fully saturated rings. The molecule has 0 saturated carbocycles. The molecular weight excluding hydrogens is 508 g/mol. The van der Waals surface area contributed by atoms with Crippen molar-refractivity contribution in [2.45, 2.75) is 13.8 Å². The van der Waals surface area contributed by atoms with Crippen molar-refractivity contribution >= 4 is 0 Å². The molecule has 0 aliphatic carbocycles. The molecule has 0 aliphatic rings. The van der Waals surface area contributed by atoms with Crippen LogP contribution in [0.25, 0.3) is 0 Å². The number of para-hydroxylation sites is 6. The summed E-state index contributed by atoms with van der Waals surface area (Å²) in [7, 11) is 1.52. The maximum atomic E-state index is 8.99. The fourth-order valence-corrected chi connectivity index (χ4v) is 2.63. The van der Waals surface area contributed by atoms with Gasteiger partial charge in [-0.25, -0.2) is 0 Å². The molecule has 7 nitrogen and oxygen atoms in total. The van der Waals surface area contributed by atoms with E-state index < -0.39 is 0 Å². The van der Waals surface area contributed by atoms with Gasteiger partial charge >= 0.3 is 0 Å². The molecule has 0 amide bonds. The Morgan fingerprint density at radius 3 is 1.10 bits per heavy atom. The Labute approximate surface area is 235 Å². The molecule has 5 rings (SSSR count). The average Bonchev–Trinajstić information content (AvgIpc) is 2.96. The van der Waals surface area contributed by atoms with Crippen LogP contribution < -0.4 is 4.74 Å². The van der Waals surface area contributed by atoms with E-state index in [1.165, 1.54) is 24.8 Å². The monoisotopic (exact) mass is 544 g/mol. The molecule has 0 unspecified atom stereocenters. The lowest BCUT2D eigenvalue weighted by Gasteiger charge is -1.99. The van der Waals surface area contributed by atoms with Gasteiger partial charge in [0, 0.05) is 0 Å². The smallest absolute Gasteiger partial charge is 0.160 e. The van der Waals surface area contributed by atoms with Gasteiger partial charge < -0.3 is 35.4 Å². The summed E-state index contributed by atoms with van der Waals surface area (Å²) in [6, 6.07) is 36.0. The zero-order valence-corrected chi connectivity index (χ0v) is 22.7. The van der Waals surface area contributed by atoms with Crippen LogP contribution in [0.15, 0.2) is 127 Å². The first-order valence-corrected chi connectivity index (χ1v) is 12.2. The number of methoxy groups -OCH3 is 1. The first-order chi connectivity index (χ1) is 19.1. The highest BCUT2D eigenvalue weighted by Gasteiger charge is 1.94. The summed E-state index contributed by atoms with van der Waals surface area (Å²) in [5, 5.41) is 52.6. The minimum Gasteiger partial charge on any atom is -0.508 e. The Morgan fingerprint density at radius 1 is 0.400 bits per heavy atom. The molecule has 40 heavy (non-hydrogen) atoms. The van der Waals surface area contributed by atoms with E-state index in [9.17, 15) is 0 Å². The lowest BCUT2D eigenvalue weighted by atomic mass is 10.2. The number of aryl methyl sites for hydroxylation is 2. The number of hydrogen-bond donors (Lipinski definition) is 6. The van der Waals surface area contributed by atoms with Crippen molar-refractivity contribution in [1.82, 2.24) is 0 Å². The number of phenolic OH excluding ortho intramolecular Hbond substituents is 6. The van der Waals surface area contributed by atoms with Crippen LogP contribution in [0, 0.1) is 13.8 Å². The lowest BCUT2D eigenvalue weighted by molar-refractivity contribution is 0.373. The topological polar surface area (TPSA) is 131 Å². The fraction of sp³-hybridized carbons (Fsp3) is 0.0909. The number of benzene rings is 5. The van der Waals surface area contributed by atoms with Gasteiger partial charge in [-0.1, -0.05) is 78.4 Å². The number of aromatic hydroxyl groups is 6. The number of ether oxygens (including phenoxy) is 1. The molecule has 0 saturated heterocycles. The van der Waals surface area contributed by atoms with E-state index in [2.05, 4.69) is 0 Å². The summed E-state index contributed by atoms with van der Waals surface area (Å²) >= 11 is 0. The third-order valence-corrected chi connectivity index (χ3v) is 4.87. The van der Waals surface area contributed by atoms with Crippen LogP contribution in [0.3, 0.4) is 0 Å². The zero-order valence-electron chi connectivity index (χ0n) is 22.7. The molecule has 0 atom stereocenters. The summed E-state index contributed by atoms with van der Waals surface area (Å²) in [5.41, 5.74) is 2.09. The standard InChI is InChI=1S/C7H8O2.2C7H8O.C6H6O2.C6H6O/c1-9-7-5-3-2-4-6(7)8;1-6-2-4-7(8)5-3-6;1-6-4-2-3-5-7(6)8;7-5-3-1-2-4-6(5)8;7-6-4-2-1-3-5-6/h2-5,8H,1H3;2*2-5,8H,1H3;1-4,7-8H;1-5,7H. The van der Waals surface area contributed by atoms with E-state index in [-0.39, 0.29) is 17.2 Å². The number of hydrogen-bond acceptors (Lipinski definition) is 7. The van der Waals surface area contributed by atoms with E-state index in [4.69, 9.17) is 35.4 Å². The number of phenols is 6. The van der Waals surface area contributed by atoms with Gasteiger partial charge in [0.2, 0.25) is 0 Å². The van der Waals surface area contributed by atoms with Crippen LogP contribution in [0.1, 0.15) is 11.1 Å². The van der Waals surface area contributed by atoms with E-state index >= 15 is 0 Å². The van der Waals surface area contributed by atoms with Gasteiger partial charge in [0.15, 0.2) is 23.0 Å². The summed E-state index contributed by atoms with van der Waals surface area (Å²) < 4.78 is 4.79. The van der Waals surface area contributed by atoms with Crippen molar-refractivity contribution < 1.29 is 35.4 Å². The van der Waals surface area contributed by atoms with Crippen molar-refractivity contribution in [2.75, 3.05) is 7.11 Å². The first-order valence-electron chi connectivity index (χ1n) is 12.2. The molecule has 0 heterocycles. The molecule has 210 valence electrons. The normalized spacial score (nSPS) is 8.97. The summed E-state index contributed by atoms with van der Waals surface area (Å²) in [4.78, 5) is 0. The summed E-state index contributed by atoms with van der Waals surface area (Å²) in [6.45, 7) is 3.86. The highest BCUT2D eigenvalue weighted by molar-refractivity contribution is 5.38. The van der Waals surface area contributed by atoms with E-state index in [1.54, 1.807) is 78.9 Å². The molecule has 7 heteroatoms. The Hall–Kier alpha value is -5.30. The van der Waals surface area contributed by atoms with Gasteiger partial charge in [-0.05, 0) is 74.0 Å². The summed E-state index contributed by atoms with van der Waals surface area (Å²) in [6.07, 6.45) is 0. The highest BCUT2D eigenvalue weighted by Crippen LogP contribution is 2.23. The zero-order chi connectivity index (χ0) is 29.8. The van der Waals surface area contributed by atoms with Crippen molar-refractivity contribution in [3.05, 3.63) is 139 Å². The number of rotatable bonds is 1. The molecule has 0 bridgehead atoms. The SMILES string of the molecule is COc1ccccc1O.Cc1ccc(O)cc1.Cc1ccccc1O.Oc1ccccc1.Oc1ccccc1O. The van der Waals surface area contributed by atoms with Crippen LogP contribution in [0.4, 0.5) is 0 Å². The summed E-state index contributed by atoms with van der Waals surface area (Å²) in [5.74, 6) is 1.56. The second-order valence-corrected chi connectivity index (χ2v) is 8.12. The predicted molar refractivity (Wildman–Crippen MR) is 158 cm³/mol. The first kappa shape index (κ1) is 32.7. The Kier molecular flexibility index (Phi) is 15.4. The quantitative estimate of drug-likeness (QED) is 0.122. The second-order valence-electron chi connectivity index (χ2n) is 8.12. The van der Waals surface area contributed by atoms with Gasteiger partial charge in [-0.3, -0.25) is 0 Å². The fourth-order valence-electron chi connectivity index (χ4n) is 2.63. The lowest BCUT2D eigenvalue weighted by Crippen LogP contribution is -1.80. The molecule has 0 radical (unpaired) electrons. The van der Waals surface area contributed by atoms with E-state index in [0.29, 0.717) is 23.0 Å². The van der Waals surface area contributed by atoms with E-state index in [0.717, 1.165) is 5.56 Å². The Bertz CT molecular complexity index is 1250. The largest absolute Gasteiger partial charge is 0.508 e. The van der Waals surface area contributed by atoms with Crippen LogP contribution in [0.5, 0.6) is 40.2 Å². The van der Waals surface area contributed by atoms with Crippen LogP contribution in [-0.4, -0.2) is 37.7 Å².